The highest BCUT2D eigenvalue weighted by atomic mass is 32.2. The summed E-state index contributed by atoms with van der Waals surface area (Å²) in [4.78, 5) is 12.5. The summed E-state index contributed by atoms with van der Waals surface area (Å²) in [5.41, 5.74) is 2.69. The van der Waals surface area contributed by atoms with Crippen LogP contribution in [0, 0.1) is 4.78 Å². The van der Waals surface area contributed by atoms with Gasteiger partial charge in [0.25, 0.3) is 0 Å². The minimum absolute atomic E-state index is 0.180. The Hall–Kier alpha value is -1.36. The lowest BCUT2D eigenvalue weighted by atomic mass is 9.83. The highest BCUT2D eigenvalue weighted by molar-refractivity contribution is 7.94. The van der Waals surface area contributed by atoms with E-state index in [0.29, 0.717) is 25.3 Å². The molecule has 1 aromatic rings. The largest absolute Gasteiger partial charge is 0.354 e. The molecule has 5 heteroatoms. The van der Waals surface area contributed by atoms with E-state index in [1.165, 1.54) is 17.4 Å². The minimum atomic E-state index is -2.85. The number of carbonyl (C=O) groups excluding carboxylic acids is 1. The van der Waals surface area contributed by atoms with Gasteiger partial charge in [0, 0.05) is 18.7 Å². The first-order valence-electron chi connectivity index (χ1n) is 7.53. The predicted molar refractivity (Wildman–Crippen MR) is 83.9 cm³/mol. The van der Waals surface area contributed by atoms with Crippen LogP contribution in [0.2, 0.25) is 0 Å². The quantitative estimate of drug-likeness (QED) is 0.897. The molecular formula is C16H22N2O2S. The van der Waals surface area contributed by atoms with Gasteiger partial charge in [-0.15, -0.1) is 0 Å². The summed E-state index contributed by atoms with van der Waals surface area (Å²) in [5.74, 6) is 0.168. The third-order valence-electron chi connectivity index (χ3n) is 5.09. The van der Waals surface area contributed by atoms with Gasteiger partial charge in [-0.05, 0) is 43.2 Å². The maximum Gasteiger partial charge on any atom is 0.239 e. The maximum atomic E-state index is 12.5. The molecule has 0 heterocycles. The zero-order valence-electron chi connectivity index (χ0n) is 12.4. The van der Waals surface area contributed by atoms with Crippen molar-refractivity contribution >= 4 is 15.6 Å². The maximum absolute atomic E-state index is 12.5. The normalized spacial score (nSPS) is 25.5. The summed E-state index contributed by atoms with van der Waals surface area (Å²) in [5, 5.41) is 2.98. The molecule has 0 spiro atoms. The molecule has 0 bridgehead atoms. The van der Waals surface area contributed by atoms with Gasteiger partial charge < -0.3 is 5.32 Å². The summed E-state index contributed by atoms with van der Waals surface area (Å²) in [6.45, 7) is 0.590. The number of hydrogen-bond donors (Lipinski definition) is 2. The molecule has 1 amide bonds. The Morgan fingerprint density at radius 3 is 2.76 bits per heavy atom. The van der Waals surface area contributed by atoms with E-state index in [1.54, 1.807) is 0 Å². The fourth-order valence-corrected chi connectivity index (χ4v) is 5.02. The predicted octanol–water partition coefficient (Wildman–Crippen LogP) is 2.43. The average Bonchev–Trinajstić information content (AvgIpc) is 2.76. The van der Waals surface area contributed by atoms with Crippen molar-refractivity contribution < 1.29 is 9.00 Å². The van der Waals surface area contributed by atoms with Crippen LogP contribution in [0.5, 0.6) is 0 Å². The van der Waals surface area contributed by atoms with Crippen LogP contribution < -0.4 is 5.32 Å². The molecular weight excluding hydrogens is 284 g/mol. The van der Waals surface area contributed by atoms with Crippen LogP contribution in [-0.2, 0) is 20.9 Å². The molecule has 1 saturated carbocycles. The number of nitrogens with one attached hydrogen (secondary N) is 2. The molecule has 0 aliphatic heterocycles. The van der Waals surface area contributed by atoms with Crippen molar-refractivity contribution in [2.45, 2.75) is 42.8 Å². The summed E-state index contributed by atoms with van der Waals surface area (Å²) >= 11 is 0. The first-order chi connectivity index (χ1) is 9.94. The molecule has 2 aliphatic rings. The molecule has 2 unspecified atom stereocenters. The van der Waals surface area contributed by atoms with Crippen molar-refractivity contribution in [1.29, 1.82) is 4.78 Å². The second-order valence-corrected chi connectivity index (χ2v) is 8.80. The summed E-state index contributed by atoms with van der Waals surface area (Å²) < 4.78 is 19.0. The van der Waals surface area contributed by atoms with Gasteiger partial charge in [-0.2, -0.15) is 0 Å². The van der Waals surface area contributed by atoms with Gasteiger partial charge in [0.1, 0.15) is 4.75 Å². The van der Waals surface area contributed by atoms with Gasteiger partial charge in [-0.1, -0.05) is 24.3 Å². The van der Waals surface area contributed by atoms with Crippen molar-refractivity contribution in [1.82, 2.24) is 5.32 Å². The van der Waals surface area contributed by atoms with Crippen molar-refractivity contribution in [2.24, 2.45) is 0 Å². The summed E-state index contributed by atoms with van der Waals surface area (Å²) in [6, 6.07) is 8.36. The van der Waals surface area contributed by atoms with E-state index in [1.807, 2.05) is 6.07 Å². The molecule has 114 valence electrons. The Kier molecular flexibility index (Phi) is 3.56. The van der Waals surface area contributed by atoms with Gasteiger partial charge in [0.05, 0.1) is 9.73 Å². The Bertz CT molecular complexity index is 663. The number of benzene rings is 1. The molecule has 1 fully saturated rings. The van der Waals surface area contributed by atoms with Gasteiger partial charge in [-0.3, -0.25) is 9.57 Å². The number of amides is 1. The first kappa shape index (κ1) is 14.6. The van der Waals surface area contributed by atoms with Crippen molar-refractivity contribution in [3.63, 3.8) is 0 Å². The fourth-order valence-electron chi connectivity index (χ4n) is 3.53. The van der Waals surface area contributed by atoms with E-state index in [9.17, 15) is 9.00 Å². The monoisotopic (exact) mass is 306 g/mol. The third-order valence-corrected chi connectivity index (χ3v) is 7.17. The smallest absolute Gasteiger partial charge is 0.239 e. The number of rotatable bonds is 4. The molecule has 2 atom stereocenters. The molecule has 0 radical (unpaired) electrons. The summed E-state index contributed by atoms with van der Waals surface area (Å²) in [7, 11) is -2.85. The fraction of sp³-hybridized carbons (Fsp3) is 0.562. The van der Waals surface area contributed by atoms with E-state index >= 15 is 0 Å². The van der Waals surface area contributed by atoms with Crippen LogP contribution in [0.15, 0.2) is 24.3 Å². The number of hydrogen-bond acceptors (Lipinski definition) is 3. The second-order valence-electron chi connectivity index (χ2n) is 6.34. The molecule has 0 saturated heterocycles. The van der Waals surface area contributed by atoms with Crippen LogP contribution in [0.25, 0.3) is 0 Å². The SMILES string of the molecule is CS(=N)(=O)C1(C(=O)NCC2CCc3ccccc32)CCC1. The zero-order valence-corrected chi connectivity index (χ0v) is 13.2. The van der Waals surface area contributed by atoms with E-state index in [0.717, 1.165) is 19.3 Å². The first-order valence-corrected chi connectivity index (χ1v) is 9.50. The molecule has 2 N–H and O–H groups in total. The lowest BCUT2D eigenvalue weighted by molar-refractivity contribution is -0.125. The van der Waals surface area contributed by atoms with E-state index in [4.69, 9.17) is 4.78 Å². The lowest BCUT2D eigenvalue weighted by Gasteiger charge is -2.40. The van der Waals surface area contributed by atoms with Crippen LogP contribution in [0.1, 0.15) is 42.7 Å². The van der Waals surface area contributed by atoms with Crippen molar-refractivity contribution in [3.8, 4) is 0 Å². The average molecular weight is 306 g/mol. The number of aryl methyl sites for hydroxylation is 1. The van der Waals surface area contributed by atoms with Gasteiger partial charge in [0.15, 0.2) is 0 Å². The van der Waals surface area contributed by atoms with E-state index < -0.39 is 14.5 Å². The molecule has 2 aliphatic carbocycles. The molecule has 21 heavy (non-hydrogen) atoms. The topological polar surface area (TPSA) is 70.0 Å². The van der Waals surface area contributed by atoms with Crippen molar-refractivity contribution in [3.05, 3.63) is 35.4 Å². The minimum Gasteiger partial charge on any atom is -0.354 e. The lowest BCUT2D eigenvalue weighted by Crippen LogP contribution is -2.56. The number of carbonyl (C=O) groups is 1. The second kappa shape index (κ2) is 5.13. The number of fused-ring (bicyclic) bond motifs is 1. The van der Waals surface area contributed by atoms with Gasteiger partial charge in [-0.25, -0.2) is 4.21 Å². The Morgan fingerprint density at radius 2 is 2.14 bits per heavy atom. The Labute approximate surface area is 126 Å². The zero-order chi connectivity index (χ0) is 15.1. The summed E-state index contributed by atoms with van der Waals surface area (Å²) in [6.07, 6.45) is 5.57. The standard InChI is InChI=1S/C16H22N2O2S/c1-21(17,20)16(9-4-10-16)15(19)18-11-13-8-7-12-5-2-3-6-14(12)13/h2-3,5-6,13,17H,4,7-11H2,1H3,(H,18,19). The molecule has 4 nitrogen and oxygen atoms in total. The van der Waals surface area contributed by atoms with E-state index in [-0.39, 0.29) is 5.91 Å². The third kappa shape index (κ3) is 2.37. The molecule has 1 aromatic carbocycles. The van der Waals surface area contributed by atoms with Crippen molar-refractivity contribution in [2.75, 3.05) is 12.8 Å². The van der Waals surface area contributed by atoms with Gasteiger partial charge in [0.2, 0.25) is 5.91 Å². The highest BCUT2D eigenvalue weighted by Gasteiger charge is 2.50. The van der Waals surface area contributed by atoms with Crippen LogP contribution in [0.4, 0.5) is 0 Å². The Balaban J connectivity index is 1.68. The molecule has 3 rings (SSSR count). The van der Waals surface area contributed by atoms with Crippen LogP contribution >= 0.6 is 0 Å². The highest BCUT2D eigenvalue weighted by Crippen LogP contribution is 2.40. The molecule has 0 aromatic heterocycles. The van der Waals surface area contributed by atoms with Gasteiger partial charge >= 0.3 is 0 Å². The van der Waals surface area contributed by atoms with Crippen LogP contribution in [0.3, 0.4) is 0 Å². The van der Waals surface area contributed by atoms with E-state index in [2.05, 4.69) is 23.5 Å². The van der Waals surface area contributed by atoms with Crippen LogP contribution in [-0.4, -0.2) is 27.7 Å². The Morgan fingerprint density at radius 1 is 1.43 bits per heavy atom.